The van der Waals surface area contributed by atoms with Crippen LogP contribution >= 0.6 is 0 Å². The van der Waals surface area contributed by atoms with Crippen LogP contribution in [0.25, 0.3) is 0 Å². The lowest BCUT2D eigenvalue weighted by atomic mass is 9.96. The van der Waals surface area contributed by atoms with Gasteiger partial charge < -0.3 is 15.8 Å². The quantitative estimate of drug-likeness (QED) is 0.806. The predicted octanol–water partition coefficient (Wildman–Crippen LogP) is 2.95. The smallest absolute Gasteiger partial charge is 0.255 e. The van der Waals surface area contributed by atoms with Crippen LogP contribution in [0.3, 0.4) is 0 Å². The van der Waals surface area contributed by atoms with Crippen LogP contribution in [-0.2, 0) is 11.3 Å². The van der Waals surface area contributed by atoms with Crippen LogP contribution < -0.4 is 15.8 Å². The van der Waals surface area contributed by atoms with E-state index in [0.29, 0.717) is 11.3 Å². The van der Waals surface area contributed by atoms with Crippen molar-refractivity contribution >= 4 is 17.5 Å². The number of rotatable bonds is 6. The summed E-state index contributed by atoms with van der Waals surface area (Å²) in [6.45, 7) is 4.44. The highest BCUT2D eigenvalue weighted by atomic mass is 16.5. The second-order valence-corrected chi connectivity index (χ2v) is 7.29. The van der Waals surface area contributed by atoms with Crippen LogP contribution in [-0.4, -0.2) is 36.9 Å². The van der Waals surface area contributed by atoms with Gasteiger partial charge in [-0.3, -0.25) is 14.5 Å². The van der Waals surface area contributed by atoms with Crippen molar-refractivity contribution in [3.8, 4) is 5.75 Å². The number of anilines is 1. The Morgan fingerprint density at radius 3 is 2.61 bits per heavy atom. The summed E-state index contributed by atoms with van der Waals surface area (Å²) in [6.07, 6.45) is 1.61. The highest BCUT2D eigenvalue weighted by molar-refractivity contribution is 6.04. The molecular weight excluding hydrogens is 354 g/mol. The fraction of sp³-hybridized carbons (Fsp3) is 0.364. The van der Waals surface area contributed by atoms with Crippen LogP contribution in [0.15, 0.2) is 42.5 Å². The van der Waals surface area contributed by atoms with Gasteiger partial charge in [0.2, 0.25) is 5.91 Å². The molecule has 2 aromatic rings. The number of benzene rings is 2. The van der Waals surface area contributed by atoms with Crippen LogP contribution in [0.4, 0.5) is 5.69 Å². The van der Waals surface area contributed by atoms with Gasteiger partial charge in [0, 0.05) is 23.7 Å². The largest absolute Gasteiger partial charge is 0.496 e. The molecule has 0 spiro atoms. The Kier molecular flexibility index (Phi) is 6.31. The first-order chi connectivity index (χ1) is 13.5. The number of likely N-dealkylation sites (tertiary alicyclic amines) is 1. The molecule has 2 amide bonds. The molecular formula is C22H27N3O3. The molecule has 0 aliphatic carbocycles. The maximum Gasteiger partial charge on any atom is 0.255 e. The maximum atomic E-state index is 12.6. The lowest BCUT2D eigenvalue weighted by Gasteiger charge is -2.30. The standard InChI is InChI=1S/C22H27N3O3/c1-15-6-7-18(13-20(15)28-2)22(27)24-19-5-3-4-16(12-19)14-25-10-8-17(9-11-25)21(23)26/h3-7,12-13,17H,8-11,14H2,1-2H3,(H2,23,26)(H,24,27). The molecule has 6 nitrogen and oxygen atoms in total. The van der Waals surface area contributed by atoms with E-state index in [-0.39, 0.29) is 17.7 Å². The Bertz CT molecular complexity index is 858. The normalized spacial score (nSPS) is 15.2. The number of carbonyl (C=O) groups excluding carboxylic acids is 2. The number of ether oxygens (including phenoxy) is 1. The summed E-state index contributed by atoms with van der Waals surface area (Å²) in [5.41, 5.74) is 8.82. The van der Waals surface area contributed by atoms with Gasteiger partial charge in [-0.05, 0) is 68.2 Å². The van der Waals surface area contributed by atoms with Crippen LogP contribution in [0.5, 0.6) is 5.75 Å². The molecule has 1 fully saturated rings. The number of nitrogens with one attached hydrogen (secondary N) is 1. The zero-order chi connectivity index (χ0) is 20.1. The third kappa shape index (κ3) is 4.89. The minimum absolute atomic E-state index is 0.00614. The van der Waals surface area contributed by atoms with Gasteiger partial charge in [0.05, 0.1) is 7.11 Å². The zero-order valence-corrected chi connectivity index (χ0v) is 16.4. The van der Waals surface area contributed by atoms with Gasteiger partial charge in [0.15, 0.2) is 0 Å². The number of piperidine rings is 1. The summed E-state index contributed by atoms with van der Waals surface area (Å²) in [4.78, 5) is 26.2. The molecule has 1 heterocycles. The average molecular weight is 381 g/mol. The first-order valence-corrected chi connectivity index (χ1v) is 9.53. The minimum Gasteiger partial charge on any atom is -0.496 e. The minimum atomic E-state index is -0.197. The molecule has 3 N–H and O–H groups in total. The molecule has 0 unspecified atom stereocenters. The zero-order valence-electron chi connectivity index (χ0n) is 16.4. The van der Waals surface area contributed by atoms with E-state index in [9.17, 15) is 9.59 Å². The highest BCUT2D eigenvalue weighted by Crippen LogP contribution is 2.22. The fourth-order valence-electron chi connectivity index (χ4n) is 3.55. The second kappa shape index (κ2) is 8.89. The summed E-state index contributed by atoms with van der Waals surface area (Å²) >= 11 is 0. The molecule has 1 saturated heterocycles. The van der Waals surface area contributed by atoms with E-state index in [1.807, 2.05) is 37.3 Å². The summed E-state index contributed by atoms with van der Waals surface area (Å²) in [6, 6.07) is 13.3. The van der Waals surface area contributed by atoms with Crippen LogP contribution in [0.2, 0.25) is 0 Å². The van der Waals surface area contributed by atoms with Crippen molar-refractivity contribution in [3.63, 3.8) is 0 Å². The molecule has 0 atom stereocenters. The number of nitrogens with zero attached hydrogens (tertiary/aromatic N) is 1. The van der Waals surface area contributed by atoms with E-state index in [1.165, 1.54) is 0 Å². The van der Waals surface area contributed by atoms with E-state index in [2.05, 4.69) is 10.2 Å². The van der Waals surface area contributed by atoms with E-state index < -0.39 is 0 Å². The third-order valence-corrected chi connectivity index (χ3v) is 5.25. The number of carbonyl (C=O) groups is 2. The molecule has 2 aromatic carbocycles. The molecule has 0 aromatic heterocycles. The first kappa shape index (κ1) is 19.9. The van der Waals surface area contributed by atoms with Gasteiger partial charge in [-0.1, -0.05) is 18.2 Å². The van der Waals surface area contributed by atoms with Gasteiger partial charge in [0.25, 0.3) is 5.91 Å². The molecule has 1 aliphatic rings. The second-order valence-electron chi connectivity index (χ2n) is 7.29. The molecule has 28 heavy (non-hydrogen) atoms. The van der Waals surface area contributed by atoms with Crippen molar-refractivity contribution in [1.29, 1.82) is 0 Å². The topological polar surface area (TPSA) is 84.7 Å². The van der Waals surface area contributed by atoms with Crippen molar-refractivity contribution < 1.29 is 14.3 Å². The number of nitrogens with two attached hydrogens (primary N) is 1. The summed E-state index contributed by atoms with van der Waals surface area (Å²) in [7, 11) is 1.60. The van der Waals surface area contributed by atoms with Gasteiger partial charge in [-0.25, -0.2) is 0 Å². The Morgan fingerprint density at radius 2 is 1.93 bits per heavy atom. The summed E-state index contributed by atoms with van der Waals surface area (Å²) in [5, 5.41) is 2.95. The Hall–Kier alpha value is -2.86. The Labute approximate surface area is 165 Å². The average Bonchev–Trinajstić information content (AvgIpc) is 2.69. The van der Waals surface area contributed by atoms with Crippen LogP contribution in [0.1, 0.15) is 34.3 Å². The van der Waals surface area contributed by atoms with Crippen molar-refractivity contribution in [1.82, 2.24) is 4.90 Å². The van der Waals surface area contributed by atoms with E-state index in [4.69, 9.17) is 10.5 Å². The van der Waals surface area contributed by atoms with Crippen LogP contribution in [0, 0.1) is 12.8 Å². The first-order valence-electron chi connectivity index (χ1n) is 9.53. The lowest BCUT2D eigenvalue weighted by molar-refractivity contribution is -0.123. The molecule has 3 rings (SSSR count). The van der Waals surface area contributed by atoms with Crippen molar-refractivity contribution in [2.75, 3.05) is 25.5 Å². The highest BCUT2D eigenvalue weighted by Gasteiger charge is 2.23. The van der Waals surface area contributed by atoms with Gasteiger partial charge in [0.1, 0.15) is 5.75 Å². The molecule has 0 bridgehead atoms. The van der Waals surface area contributed by atoms with Crippen molar-refractivity contribution in [2.45, 2.75) is 26.3 Å². The summed E-state index contributed by atoms with van der Waals surface area (Å²) in [5.74, 6) is 0.323. The van der Waals surface area contributed by atoms with Gasteiger partial charge >= 0.3 is 0 Å². The molecule has 0 saturated carbocycles. The number of hydrogen-bond acceptors (Lipinski definition) is 4. The van der Waals surface area contributed by atoms with E-state index >= 15 is 0 Å². The summed E-state index contributed by atoms with van der Waals surface area (Å²) < 4.78 is 5.30. The van der Waals surface area contributed by atoms with Gasteiger partial charge in [-0.15, -0.1) is 0 Å². The van der Waals surface area contributed by atoms with Gasteiger partial charge in [-0.2, -0.15) is 0 Å². The SMILES string of the molecule is COc1cc(C(=O)Nc2cccc(CN3CCC(C(N)=O)CC3)c2)ccc1C. The fourth-order valence-corrected chi connectivity index (χ4v) is 3.55. The third-order valence-electron chi connectivity index (χ3n) is 5.25. The maximum absolute atomic E-state index is 12.6. The van der Waals surface area contributed by atoms with Crippen molar-refractivity contribution in [3.05, 3.63) is 59.2 Å². The number of aryl methyl sites for hydroxylation is 1. The molecule has 6 heteroatoms. The number of primary amides is 1. The monoisotopic (exact) mass is 381 g/mol. The Morgan fingerprint density at radius 1 is 1.18 bits per heavy atom. The molecule has 1 aliphatic heterocycles. The number of hydrogen-bond donors (Lipinski definition) is 2. The van der Waals surface area contributed by atoms with Crippen molar-refractivity contribution in [2.24, 2.45) is 11.7 Å². The molecule has 148 valence electrons. The lowest BCUT2D eigenvalue weighted by Crippen LogP contribution is -2.38. The number of methoxy groups -OCH3 is 1. The predicted molar refractivity (Wildman–Crippen MR) is 109 cm³/mol. The Balaban J connectivity index is 1.62. The van der Waals surface area contributed by atoms with E-state index in [0.717, 1.165) is 49.3 Å². The molecule has 0 radical (unpaired) electrons. The van der Waals surface area contributed by atoms with E-state index in [1.54, 1.807) is 19.2 Å². The number of amides is 2.